The summed E-state index contributed by atoms with van der Waals surface area (Å²) in [5, 5.41) is 3.05. The SMILES string of the molecule is CCCn1ccnc(NCCCOCCOC)c1=O. The van der Waals surface area contributed by atoms with E-state index in [9.17, 15) is 4.79 Å². The fourth-order valence-corrected chi connectivity index (χ4v) is 1.61. The molecule has 6 heteroatoms. The third kappa shape index (κ3) is 5.85. The molecule has 0 aromatic carbocycles. The van der Waals surface area contributed by atoms with E-state index in [0.717, 1.165) is 19.4 Å². The monoisotopic (exact) mass is 269 g/mol. The predicted molar refractivity (Wildman–Crippen MR) is 74.6 cm³/mol. The average molecular weight is 269 g/mol. The van der Waals surface area contributed by atoms with E-state index in [2.05, 4.69) is 10.3 Å². The van der Waals surface area contributed by atoms with Crippen molar-refractivity contribution >= 4 is 5.82 Å². The van der Waals surface area contributed by atoms with E-state index in [4.69, 9.17) is 9.47 Å². The van der Waals surface area contributed by atoms with Crippen molar-refractivity contribution in [1.29, 1.82) is 0 Å². The second-order valence-electron chi connectivity index (χ2n) is 4.16. The van der Waals surface area contributed by atoms with Crippen LogP contribution >= 0.6 is 0 Å². The van der Waals surface area contributed by atoms with Gasteiger partial charge in [-0.05, 0) is 12.8 Å². The number of aromatic nitrogens is 2. The van der Waals surface area contributed by atoms with Crippen LogP contribution in [0, 0.1) is 0 Å². The summed E-state index contributed by atoms with van der Waals surface area (Å²) in [5.41, 5.74) is -0.0651. The van der Waals surface area contributed by atoms with Crippen molar-refractivity contribution in [1.82, 2.24) is 9.55 Å². The number of ether oxygens (including phenoxy) is 2. The minimum absolute atomic E-state index is 0.0651. The van der Waals surface area contributed by atoms with Crippen molar-refractivity contribution in [2.45, 2.75) is 26.3 Å². The van der Waals surface area contributed by atoms with Gasteiger partial charge in [0.15, 0.2) is 5.82 Å². The van der Waals surface area contributed by atoms with E-state index in [1.165, 1.54) is 0 Å². The Balaban J connectivity index is 2.29. The number of anilines is 1. The standard InChI is InChI=1S/C13H23N3O3/c1-3-7-16-8-6-15-12(13(16)17)14-5-4-9-19-11-10-18-2/h6,8H,3-5,7,9-11H2,1-2H3,(H,14,15). The van der Waals surface area contributed by atoms with Crippen molar-refractivity contribution in [2.75, 3.05) is 38.8 Å². The molecule has 1 heterocycles. The lowest BCUT2D eigenvalue weighted by molar-refractivity contribution is 0.0705. The Hall–Kier alpha value is -1.40. The maximum atomic E-state index is 12.0. The van der Waals surface area contributed by atoms with Gasteiger partial charge >= 0.3 is 0 Å². The summed E-state index contributed by atoms with van der Waals surface area (Å²) in [7, 11) is 1.65. The van der Waals surface area contributed by atoms with E-state index in [-0.39, 0.29) is 5.56 Å². The Morgan fingerprint density at radius 1 is 1.37 bits per heavy atom. The Morgan fingerprint density at radius 3 is 2.95 bits per heavy atom. The van der Waals surface area contributed by atoms with Crippen molar-refractivity contribution in [3.8, 4) is 0 Å². The highest BCUT2D eigenvalue weighted by molar-refractivity contribution is 5.30. The van der Waals surface area contributed by atoms with Gasteiger partial charge in [0.1, 0.15) is 0 Å². The molecule has 0 amide bonds. The van der Waals surface area contributed by atoms with Crippen molar-refractivity contribution in [3.63, 3.8) is 0 Å². The Kier molecular flexibility index (Phi) is 7.84. The number of nitrogens with zero attached hydrogens (tertiary/aromatic N) is 2. The summed E-state index contributed by atoms with van der Waals surface area (Å²) < 4.78 is 11.9. The summed E-state index contributed by atoms with van der Waals surface area (Å²) in [5.74, 6) is 0.410. The first-order chi connectivity index (χ1) is 9.29. The zero-order chi connectivity index (χ0) is 13.9. The lowest BCUT2D eigenvalue weighted by Crippen LogP contribution is -2.24. The zero-order valence-electron chi connectivity index (χ0n) is 11.7. The van der Waals surface area contributed by atoms with Gasteiger partial charge in [0.25, 0.3) is 5.56 Å². The molecular weight excluding hydrogens is 246 g/mol. The van der Waals surface area contributed by atoms with Gasteiger partial charge in [-0.3, -0.25) is 4.79 Å². The van der Waals surface area contributed by atoms with E-state index in [1.807, 2.05) is 6.92 Å². The summed E-state index contributed by atoms with van der Waals surface area (Å²) in [4.78, 5) is 16.0. The van der Waals surface area contributed by atoms with Gasteiger partial charge in [0, 0.05) is 39.2 Å². The van der Waals surface area contributed by atoms with Crippen molar-refractivity contribution in [2.24, 2.45) is 0 Å². The van der Waals surface area contributed by atoms with Gasteiger partial charge in [0.2, 0.25) is 0 Å². The molecule has 0 saturated heterocycles. The fraction of sp³-hybridized carbons (Fsp3) is 0.692. The highest BCUT2D eigenvalue weighted by Crippen LogP contribution is 1.95. The van der Waals surface area contributed by atoms with Crippen LogP contribution in [0.25, 0.3) is 0 Å². The summed E-state index contributed by atoms with van der Waals surface area (Å²) in [6, 6.07) is 0. The van der Waals surface area contributed by atoms with E-state index in [0.29, 0.717) is 32.2 Å². The molecule has 0 spiro atoms. The van der Waals surface area contributed by atoms with Gasteiger partial charge in [0.05, 0.1) is 13.2 Å². The first-order valence-electron chi connectivity index (χ1n) is 6.65. The molecule has 0 radical (unpaired) electrons. The van der Waals surface area contributed by atoms with Crippen molar-refractivity contribution < 1.29 is 9.47 Å². The second kappa shape index (κ2) is 9.52. The van der Waals surface area contributed by atoms with Gasteiger partial charge < -0.3 is 19.4 Å². The smallest absolute Gasteiger partial charge is 0.293 e. The van der Waals surface area contributed by atoms with Crippen LogP contribution in [0.4, 0.5) is 5.82 Å². The van der Waals surface area contributed by atoms with Gasteiger partial charge in [-0.2, -0.15) is 0 Å². The van der Waals surface area contributed by atoms with Crippen molar-refractivity contribution in [3.05, 3.63) is 22.7 Å². The molecule has 0 bridgehead atoms. The third-order valence-electron chi connectivity index (χ3n) is 2.57. The molecule has 1 rings (SSSR count). The van der Waals surface area contributed by atoms with Crippen LogP contribution in [0.5, 0.6) is 0 Å². The van der Waals surface area contributed by atoms with Crippen LogP contribution in [0.1, 0.15) is 19.8 Å². The quantitative estimate of drug-likeness (QED) is 0.645. The first kappa shape index (κ1) is 15.7. The lowest BCUT2D eigenvalue weighted by atomic mass is 10.4. The van der Waals surface area contributed by atoms with Crippen LogP contribution in [0.2, 0.25) is 0 Å². The Bertz CT molecular complexity index is 406. The molecule has 1 N–H and O–H groups in total. The van der Waals surface area contributed by atoms with Crippen LogP contribution in [0.15, 0.2) is 17.2 Å². The topological polar surface area (TPSA) is 65.4 Å². The van der Waals surface area contributed by atoms with E-state index < -0.39 is 0 Å². The first-order valence-corrected chi connectivity index (χ1v) is 6.65. The van der Waals surface area contributed by atoms with Gasteiger partial charge in [-0.15, -0.1) is 0 Å². The maximum Gasteiger partial charge on any atom is 0.293 e. The summed E-state index contributed by atoms with van der Waals surface area (Å²) in [6.45, 7) is 5.28. The number of rotatable bonds is 10. The van der Waals surface area contributed by atoms with Crippen LogP contribution in [0.3, 0.4) is 0 Å². The third-order valence-corrected chi connectivity index (χ3v) is 2.57. The normalized spacial score (nSPS) is 10.6. The number of hydrogen-bond donors (Lipinski definition) is 1. The molecule has 1 aromatic heterocycles. The van der Waals surface area contributed by atoms with Crippen LogP contribution < -0.4 is 10.9 Å². The van der Waals surface area contributed by atoms with E-state index in [1.54, 1.807) is 24.1 Å². The van der Waals surface area contributed by atoms with Gasteiger partial charge in [-0.1, -0.05) is 6.92 Å². The summed E-state index contributed by atoms with van der Waals surface area (Å²) in [6.07, 6.45) is 5.11. The zero-order valence-corrected chi connectivity index (χ0v) is 11.7. The molecule has 0 aliphatic carbocycles. The minimum atomic E-state index is -0.0651. The number of aryl methyl sites for hydroxylation is 1. The van der Waals surface area contributed by atoms with E-state index >= 15 is 0 Å². The van der Waals surface area contributed by atoms with Crippen LogP contribution in [-0.4, -0.2) is 43.0 Å². The highest BCUT2D eigenvalue weighted by Gasteiger charge is 2.02. The predicted octanol–water partition coefficient (Wildman–Crippen LogP) is 1.12. The molecule has 6 nitrogen and oxygen atoms in total. The molecular formula is C13H23N3O3. The molecule has 0 aliphatic rings. The second-order valence-corrected chi connectivity index (χ2v) is 4.16. The molecule has 19 heavy (non-hydrogen) atoms. The number of nitrogens with one attached hydrogen (secondary N) is 1. The number of hydrogen-bond acceptors (Lipinski definition) is 5. The Morgan fingerprint density at radius 2 is 2.21 bits per heavy atom. The molecule has 0 fully saturated rings. The molecule has 0 atom stereocenters. The highest BCUT2D eigenvalue weighted by atomic mass is 16.5. The molecule has 0 unspecified atom stereocenters. The molecule has 0 aliphatic heterocycles. The largest absolute Gasteiger partial charge is 0.382 e. The number of methoxy groups -OCH3 is 1. The van der Waals surface area contributed by atoms with Crippen LogP contribution in [-0.2, 0) is 16.0 Å². The Labute approximate surface area is 113 Å². The van der Waals surface area contributed by atoms with Gasteiger partial charge in [-0.25, -0.2) is 4.98 Å². The molecule has 108 valence electrons. The molecule has 1 aromatic rings. The minimum Gasteiger partial charge on any atom is -0.382 e. The fourth-order valence-electron chi connectivity index (χ4n) is 1.61. The average Bonchev–Trinajstić information content (AvgIpc) is 2.42. The lowest BCUT2D eigenvalue weighted by Gasteiger charge is -2.08. The molecule has 0 saturated carbocycles. The summed E-state index contributed by atoms with van der Waals surface area (Å²) >= 11 is 0. The maximum absolute atomic E-state index is 12.0.